The van der Waals surface area contributed by atoms with Gasteiger partial charge in [0.15, 0.2) is 0 Å². The SMILES string of the molecule is CCOc1ccccc1CN1C(=O)C2(OCCCO2)c2ccc(Cl)c(Cl)c21. The molecular weight excluding hydrogens is 389 g/mol. The molecule has 0 N–H and O–H groups in total. The van der Waals surface area contributed by atoms with Crippen molar-refractivity contribution in [3.63, 3.8) is 0 Å². The number of nitrogens with zero attached hydrogens (tertiary/aromatic N) is 1. The highest BCUT2D eigenvalue weighted by Crippen LogP contribution is 2.50. The van der Waals surface area contributed by atoms with Crippen LogP contribution in [0.15, 0.2) is 36.4 Å². The van der Waals surface area contributed by atoms with Crippen molar-refractivity contribution in [2.75, 3.05) is 24.7 Å². The zero-order valence-electron chi connectivity index (χ0n) is 14.8. The van der Waals surface area contributed by atoms with E-state index in [2.05, 4.69) is 0 Å². The summed E-state index contributed by atoms with van der Waals surface area (Å²) in [7, 11) is 0. The fourth-order valence-electron chi connectivity index (χ4n) is 3.53. The first-order valence-corrected chi connectivity index (χ1v) is 9.63. The average Bonchev–Trinajstić information content (AvgIpc) is 2.90. The molecule has 2 aliphatic rings. The monoisotopic (exact) mass is 407 g/mol. The molecule has 0 aromatic heterocycles. The lowest BCUT2D eigenvalue weighted by Crippen LogP contribution is -2.47. The number of fused-ring (bicyclic) bond motifs is 2. The van der Waals surface area contributed by atoms with Crippen LogP contribution in [0.1, 0.15) is 24.5 Å². The minimum absolute atomic E-state index is 0.274. The Hall–Kier alpha value is -1.79. The molecule has 4 rings (SSSR count). The van der Waals surface area contributed by atoms with Gasteiger partial charge in [-0.2, -0.15) is 0 Å². The number of halogens is 2. The van der Waals surface area contributed by atoms with E-state index in [4.69, 9.17) is 37.4 Å². The van der Waals surface area contributed by atoms with Crippen LogP contribution in [0.2, 0.25) is 10.0 Å². The molecule has 27 heavy (non-hydrogen) atoms. The molecule has 142 valence electrons. The molecular formula is C20H19Cl2NO4. The highest BCUT2D eigenvalue weighted by Gasteiger charge is 2.55. The second kappa shape index (κ2) is 7.32. The van der Waals surface area contributed by atoms with Gasteiger partial charge in [-0.25, -0.2) is 0 Å². The maximum Gasteiger partial charge on any atom is 0.292 e. The van der Waals surface area contributed by atoms with Gasteiger partial charge < -0.3 is 19.1 Å². The lowest BCUT2D eigenvalue weighted by atomic mass is 10.1. The third kappa shape index (κ3) is 2.99. The largest absolute Gasteiger partial charge is 0.494 e. The van der Waals surface area contributed by atoms with Crippen molar-refractivity contribution in [2.45, 2.75) is 25.7 Å². The number of amides is 1. The van der Waals surface area contributed by atoms with E-state index < -0.39 is 5.79 Å². The van der Waals surface area contributed by atoms with E-state index in [0.29, 0.717) is 41.1 Å². The van der Waals surface area contributed by atoms with Crippen LogP contribution in [0.3, 0.4) is 0 Å². The van der Waals surface area contributed by atoms with Crippen LogP contribution in [0.4, 0.5) is 5.69 Å². The highest BCUT2D eigenvalue weighted by molar-refractivity contribution is 6.44. The van der Waals surface area contributed by atoms with E-state index in [1.54, 1.807) is 17.0 Å². The van der Waals surface area contributed by atoms with Gasteiger partial charge >= 0.3 is 0 Å². The van der Waals surface area contributed by atoms with Gasteiger partial charge in [-0.05, 0) is 31.5 Å². The molecule has 7 heteroatoms. The summed E-state index contributed by atoms with van der Waals surface area (Å²) in [5.41, 5.74) is 1.99. The Kier molecular flexibility index (Phi) is 5.03. The third-order valence-corrected chi connectivity index (χ3v) is 5.51. The molecule has 5 nitrogen and oxygen atoms in total. The smallest absolute Gasteiger partial charge is 0.292 e. The molecule has 2 aliphatic heterocycles. The second-order valence-electron chi connectivity index (χ2n) is 6.36. The summed E-state index contributed by atoms with van der Waals surface area (Å²) < 4.78 is 17.4. The second-order valence-corrected chi connectivity index (χ2v) is 7.14. The standard InChI is InChI=1S/C20H19Cl2NO4/c1-2-25-16-7-4-3-6-13(16)12-23-18-14(8-9-15(21)17(18)22)20(19(23)24)26-10-5-11-27-20/h3-4,6-9H,2,5,10-12H2,1H3. The normalized spacial score (nSPS) is 18.0. The number of hydrogen-bond donors (Lipinski definition) is 0. The van der Waals surface area contributed by atoms with Gasteiger partial charge in [0.2, 0.25) is 0 Å². The molecule has 0 atom stereocenters. The lowest BCUT2D eigenvalue weighted by Gasteiger charge is -2.32. The summed E-state index contributed by atoms with van der Waals surface area (Å²) in [5, 5.41) is 0.685. The van der Waals surface area contributed by atoms with Crippen LogP contribution in [0.5, 0.6) is 5.75 Å². The third-order valence-electron chi connectivity index (χ3n) is 4.72. The Labute approximate surface area is 167 Å². The minimum Gasteiger partial charge on any atom is -0.494 e. The van der Waals surface area contributed by atoms with Crippen molar-refractivity contribution in [1.29, 1.82) is 0 Å². The highest BCUT2D eigenvalue weighted by atomic mass is 35.5. The van der Waals surface area contributed by atoms with Gasteiger partial charge in [0.25, 0.3) is 11.7 Å². The van der Waals surface area contributed by atoms with Crippen LogP contribution >= 0.6 is 23.2 Å². The first-order chi connectivity index (χ1) is 13.1. The molecule has 0 saturated carbocycles. The Morgan fingerprint density at radius 1 is 1.15 bits per heavy atom. The molecule has 0 radical (unpaired) electrons. The van der Waals surface area contributed by atoms with Crippen molar-refractivity contribution in [1.82, 2.24) is 0 Å². The fraction of sp³-hybridized carbons (Fsp3) is 0.350. The summed E-state index contributed by atoms with van der Waals surface area (Å²) in [6, 6.07) is 11.0. The summed E-state index contributed by atoms with van der Waals surface area (Å²) in [6.07, 6.45) is 0.735. The van der Waals surface area contributed by atoms with E-state index in [-0.39, 0.29) is 12.5 Å². The molecule has 0 unspecified atom stereocenters. The van der Waals surface area contributed by atoms with Crippen molar-refractivity contribution < 1.29 is 19.0 Å². The van der Waals surface area contributed by atoms with Crippen molar-refractivity contribution >= 4 is 34.8 Å². The molecule has 1 spiro atoms. The van der Waals surface area contributed by atoms with Gasteiger partial charge in [0, 0.05) is 11.1 Å². The first kappa shape index (κ1) is 18.6. The molecule has 2 aromatic carbocycles. The topological polar surface area (TPSA) is 48.0 Å². The van der Waals surface area contributed by atoms with Crippen LogP contribution in [-0.2, 0) is 26.6 Å². The quantitative estimate of drug-likeness (QED) is 0.746. The van der Waals surface area contributed by atoms with Gasteiger partial charge in [-0.15, -0.1) is 0 Å². The Morgan fingerprint density at radius 3 is 2.63 bits per heavy atom. The number of carbonyl (C=O) groups excluding carboxylic acids is 1. The van der Waals surface area contributed by atoms with Crippen molar-refractivity contribution in [3.05, 3.63) is 57.6 Å². The van der Waals surface area contributed by atoms with Crippen molar-refractivity contribution in [3.8, 4) is 5.75 Å². The van der Waals surface area contributed by atoms with E-state index in [9.17, 15) is 4.79 Å². The van der Waals surface area contributed by atoms with E-state index in [0.717, 1.165) is 17.7 Å². The molecule has 0 bridgehead atoms. The number of hydrogen-bond acceptors (Lipinski definition) is 4. The summed E-state index contributed by atoms with van der Waals surface area (Å²) >= 11 is 12.7. The Morgan fingerprint density at radius 2 is 1.89 bits per heavy atom. The van der Waals surface area contributed by atoms with Gasteiger partial charge in [-0.3, -0.25) is 4.79 Å². The van der Waals surface area contributed by atoms with Crippen LogP contribution < -0.4 is 9.64 Å². The molecule has 1 saturated heterocycles. The lowest BCUT2D eigenvalue weighted by molar-refractivity contribution is -0.256. The molecule has 1 fully saturated rings. The Balaban J connectivity index is 1.81. The number of anilines is 1. The number of para-hydroxylation sites is 1. The summed E-state index contributed by atoms with van der Waals surface area (Å²) in [5.74, 6) is -1.03. The maximum absolute atomic E-state index is 13.4. The molecule has 2 aromatic rings. The summed E-state index contributed by atoms with van der Waals surface area (Å²) in [4.78, 5) is 15.0. The van der Waals surface area contributed by atoms with E-state index >= 15 is 0 Å². The number of ether oxygens (including phenoxy) is 3. The number of carbonyl (C=O) groups is 1. The van der Waals surface area contributed by atoms with Crippen LogP contribution in [-0.4, -0.2) is 25.7 Å². The average molecular weight is 408 g/mol. The number of rotatable bonds is 4. The van der Waals surface area contributed by atoms with Gasteiger partial charge in [0.1, 0.15) is 5.75 Å². The van der Waals surface area contributed by atoms with Gasteiger partial charge in [-0.1, -0.05) is 41.4 Å². The Bertz CT molecular complexity index is 880. The predicted octanol–water partition coefficient (Wildman–Crippen LogP) is 4.53. The maximum atomic E-state index is 13.4. The fourth-order valence-corrected chi connectivity index (χ4v) is 3.95. The van der Waals surface area contributed by atoms with Crippen molar-refractivity contribution in [2.24, 2.45) is 0 Å². The zero-order chi connectivity index (χ0) is 19.0. The minimum atomic E-state index is -1.46. The van der Waals surface area contributed by atoms with Gasteiger partial charge in [0.05, 0.1) is 42.1 Å². The zero-order valence-corrected chi connectivity index (χ0v) is 16.3. The molecule has 0 aliphatic carbocycles. The van der Waals surface area contributed by atoms with Crippen LogP contribution in [0.25, 0.3) is 0 Å². The summed E-state index contributed by atoms with van der Waals surface area (Å²) in [6.45, 7) is 3.60. The first-order valence-electron chi connectivity index (χ1n) is 8.87. The van der Waals surface area contributed by atoms with Crippen LogP contribution in [0, 0.1) is 0 Å². The molecule has 2 heterocycles. The predicted molar refractivity (Wildman–Crippen MR) is 103 cm³/mol. The number of benzene rings is 2. The molecule has 1 amide bonds. The van der Waals surface area contributed by atoms with E-state index in [1.807, 2.05) is 31.2 Å². The van der Waals surface area contributed by atoms with E-state index in [1.165, 1.54) is 0 Å².